The van der Waals surface area contributed by atoms with Crippen molar-refractivity contribution in [3.63, 3.8) is 0 Å². The van der Waals surface area contributed by atoms with Crippen molar-refractivity contribution >= 4 is 0 Å². The van der Waals surface area contributed by atoms with Gasteiger partial charge in [0.1, 0.15) is 5.82 Å². The highest BCUT2D eigenvalue weighted by atomic mass is 15.2. The van der Waals surface area contributed by atoms with Gasteiger partial charge < -0.3 is 5.73 Å². The summed E-state index contributed by atoms with van der Waals surface area (Å²) in [6.07, 6.45) is 7.91. The Morgan fingerprint density at radius 3 is 2.64 bits per heavy atom. The molecule has 3 aliphatic heterocycles. The van der Waals surface area contributed by atoms with Crippen LogP contribution in [-0.2, 0) is 0 Å². The fraction of sp³-hybridized carbons (Fsp3) is 0.778. The lowest BCUT2D eigenvalue weighted by Crippen LogP contribution is -2.55. The normalized spacial score (nSPS) is 35.2. The third-order valence-corrected chi connectivity index (χ3v) is 6.18. The Labute approximate surface area is 133 Å². The van der Waals surface area contributed by atoms with Gasteiger partial charge in [-0.3, -0.25) is 4.90 Å². The Kier molecular flexibility index (Phi) is 3.91. The number of aryl methyl sites for hydroxylation is 1. The molecule has 2 bridgehead atoms. The highest BCUT2D eigenvalue weighted by Crippen LogP contribution is 2.42. The van der Waals surface area contributed by atoms with Crippen molar-refractivity contribution < 1.29 is 0 Å². The predicted molar refractivity (Wildman–Crippen MR) is 87.9 cm³/mol. The minimum absolute atomic E-state index is 0.596. The SMILES string of the molecule is Cc1nc(C2CCCC2)cc([C@@H]2CN3CC[C@H]2C[C@@H]3CN)n1. The molecule has 4 heteroatoms. The lowest BCUT2D eigenvalue weighted by Gasteiger charge is -2.49. The summed E-state index contributed by atoms with van der Waals surface area (Å²) >= 11 is 0. The Hall–Kier alpha value is -1.00. The molecule has 4 heterocycles. The summed E-state index contributed by atoms with van der Waals surface area (Å²) < 4.78 is 0. The predicted octanol–water partition coefficient (Wildman–Crippen LogP) is 2.58. The molecule has 1 unspecified atom stereocenters. The van der Waals surface area contributed by atoms with E-state index in [0.29, 0.717) is 17.9 Å². The molecule has 4 fully saturated rings. The van der Waals surface area contributed by atoms with Crippen LogP contribution in [0.3, 0.4) is 0 Å². The summed E-state index contributed by atoms with van der Waals surface area (Å²) in [7, 11) is 0. The van der Waals surface area contributed by atoms with Crippen LogP contribution in [-0.4, -0.2) is 40.5 Å². The maximum atomic E-state index is 5.94. The van der Waals surface area contributed by atoms with Crippen LogP contribution < -0.4 is 5.73 Å². The third-order valence-electron chi connectivity index (χ3n) is 6.18. The van der Waals surface area contributed by atoms with Crippen molar-refractivity contribution in [3.05, 3.63) is 23.3 Å². The average Bonchev–Trinajstić information content (AvgIpc) is 3.09. The van der Waals surface area contributed by atoms with E-state index in [9.17, 15) is 0 Å². The molecule has 0 spiro atoms. The molecule has 4 aliphatic rings. The molecule has 0 aromatic carbocycles. The van der Waals surface area contributed by atoms with Crippen molar-refractivity contribution in [2.45, 2.75) is 63.3 Å². The van der Waals surface area contributed by atoms with E-state index in [0.717, 1.165) is 24.8 Å². The molecule has 1 aromatic rings. The monoisotopic (exact) mass is 300 g/mol. The molecule has 5 rings (SSSR count). The highest BCUT2D eigenvalue weighted by molar-refractivity contribution is 5.22. The summed E-state index contributed by atoms with van der Waals surface area (Å²) in [6.45, 7) is 5.24. The molecule has 0 radical (unpaired) electrons. The number of piperidine rings is 3. The first-order valence-electron chi connectivity index (χ1n) is 9.04. The van der Waals surface area contributed by atoms with Crippen LogP contribution in [0.15, 0.2) is 6.07 Å². The summed E-state index contributed by atoms with van der Waals surface area (Å²) in [5, 5.41) is 0. The Balaban J connectivity index is 1.60. The van der Waals surface area contributed by atoms with Crippen molar-refractivity contribution in [2.24, 2.45) is 11.7 Å². The van der Waals surface area contributed by atoms with Gasteiger partial charge in [-0.1, -0.05) is 12.8 Å². The molecule has 1 saturated carbocycles. The van der Waals surface area contributed by atoms with Gasteiger partial charge >= 0.3 is 0 Å². The van der Waals surface area contributed by atoms with Gasteiger partial charge in [0, 0.05) is 42.4 Å². The number of hydrogen-bond acceptors (Lipinski definition) is 4. The summed E-state index contributed by atoms with van der Waals surface area (Å²) in [5.41, 5.74) is 8.55. The fourth-order valence-electron chi connectivity index (χ4n) is 4.95. The molecular formula is C18H28N4. The summed E-state index contributed by atoms with van der Waals surface area (Å²) in [5.74, 6) is 3.01. The van der Waals surface area contributed by atoms with E-state index in [1.807, 2.05) is 0 Å². The van der Waals surface area contributed by atoms with Crippen molar-refractivity contribution in [3.8, 4) is 0 Å². The fourth-order valence-corrected chi connectivity index (χ4v) is 4.95. The van der Waals surface area contributed by atoms with Gasteiger partial charge in [-0.25, -0.2) is 9.97 Å². The van der Waals surface area contributed by atoms with Crippen LogP contribution in [0.25, 0.3) is 0 Å². The Morgan fingerprint density at radius 1 is 1.18 bits per heavy atom. The van der Waals surface area contributed by atoms with E-state index in [-0.39, 0.29) is 0 Å². The van der Waals surface area contributed by atoms with Crippen LogP contribution >= 0.6 is 0 Å². The summed E-state index contributed by atoms with van der Waals surface area (Å²) in [6, 6.07) is 2.94. The second-order valence-corrected chi connectivity index (χ2v) is 7.52. The number of rotatable bonds is 3. The second kappa shape index (κ2) is 5.89. The minimum Gasteiger partial charge on any atom is -0.329 e. The zero-order chi connectivity index (χ0) is 15.1. The third kappa shape index (κ3) is 2.56. The van der Waals surface area contributed by atoms with E-state index in [2.05, 4.69) is 17.9 Å². The topological polar surface area (TPSA) is 55.0 Å². The van der Waals surface area contributed by atoms with Gasteiger partial charge in [0.2, 0.25) is 0 Å². The molecule has 1 aromatic heterocycles. The van der Waals surface area contributed by atoms with E-state index in [4.69, 9.17) is 15.7 Å². The summed E-state index contributed by atoms with van der Waals surface area (Å²) in [4.78, 5) is 12.2. The number of aromatic nitrogens is 2. The Bertz CT molecular complexity index is 538. The molecule has 120 valence electrons. The molecule has 22 heavy (non-hydrogen) atoms. The van der Waals surface area contributed by atoms with E-state index in [1.165, 1.54) is 56.5 Å². The standard InChI is InChI=1S/C18H28N4/c1-12-20-17(13-4-2-3-5-13)9-18(21-12)16-11-22-7-6-14(16)8-15(22)10-19/h9,13-16H,2-8,10-11,19H2,1H3/t14-,15+,16+/m0/s1. The van der Waals surface area contributed by atoms with E-state index >= 15 is 0 Å². The van der Waals surface area contributed by atoms with Crippen LogP contribution in [0.4, 0.5) is 0 Å². The maximum absolute atomic E-state index is 5.94. The van der Waals surface area contributed by atoms with Gasteiger partial charge in [0.05, 0.1) is 0 Å². The quantitative estimate of drug-likeness (QED) is 0.932. The number of nitrogens with zero attached hydrogens (tertiary/aromatic N) is 3. The largest absolute Gasteiger partial charge is 0.329 e. The van der Waals surface area contributed by atoms with Crippen molar-refractivity contribution in [2.75, 3.05) is 19.6 Å². The number of fused-ring (bicyclic) bond motifs is 3. The average molecular weight is 300 g/mol. The minimum atomic E-state index is 0.596. The van der Waals surface area contributed by atoms with Crippen LogP contribution in [0.1, 0.15) is 67.6 Å². The highest BCUT2D eigenvalue weighted by Gasteiger charge is 2.41. The Morgan fingerprint density at radius 2 is 1.95 bits per heavy atom. The smallest absolute Gasteiger partial charge is 0.125 e. The first-order chi connectivity index (χ1) is 10.7. The first-order valence-corrected chi connectivity index (χ1v) is 9.04. The van der Waals surface area contributed by atoms with Crippen LogP contribution in [0, 0.1) is 12.8 Å². The zero-order valence-corrected chi connectivity index (χ0v) is 13.7. The second-order valence-electron chi connectivity index (χ2n) is 7.52. The van der Waals surface area contributed by atoms with E-state index in [1.54, 1.807) is 0 Å². The molecular weight excluding hydrogens is 272 g/mol. The van der Waals surface area contributed by atoms with Gasteiger partial charge in [-0.05, 0) is 51.1 Å². The van der Waals surface area contributed by atoms with Gasteiger partial charge in [-0.15, -0.1) is 0 Å². The lowest BCUT2D eigenvalue weighted by molar-refractivity contribution is 0.0332. The molecule has 3 saturated heterocycles. The zero-order valence-electron chi connectivity index (χ0n) is 13.7. The number of nitrogens with two attached hydrogens (primary N) is 1. The maximum Gasteiger partial charge on any atom is 0.125 e. The molecule has 0 amide bonds. The molecule has 1 aliphatic carbocycles. The van der Waals surface area contributed by atoms with Gasteiger partial charge in [0.15, 0.2) is 0 Å². The molecule has 2 N–H and O–H groups in total. The van der Waals surface area contributed by atoms with Crippen molar-refractivity contribution in [1.29, 1.82) is 0 Å². The van der Waals surface area contributed by atoms with Crippen LogP contribution in [0.2, 0.25) is 0 Å². The first kappa shape index (κ1) is 14.6. The lowest BCUT2D eigenvalue weighted by atomic mass is 9.74. The number of hydrogen-bond donors (Lipinski definition) is 1. The van der Waals surface area contributed by atoms with Gasteiger partial charge in [0.25, 0.3) is 0 Å². The van der Waals surface area contributed by atoms with Crippen molar-refractivity contribution in [1.82, 2.24) is 14.9 Å². The van der Waals surface area contributed by atoms with Gasteiger partial charge in [-0.2, -0.15) is 0 Å². The molecule has 4 atom stereocenters. The van der Waals surface area contributed by atoms with Crippen LogP contribution in [0.5, 0.6) is 0 Å². The molecule has 4 nitrogen and oxygen atoms in total. The van der Waals surface area contributed by atoms with E-state index < -0.39 is 0 Å².